The molecule has 0 saturated carbocycles. The molecule has 0 aromatic heterocycles. The predicted octanol–water partition coefficient (Wildman–Crippen LogP) is 4.64. The normalized spacial score (nSPS) is 12.4. The van der Waals surface area contributed by atoms with Crippen LogP contribution in [0.25, 0.3) is 0 Å². The van der Waals surface area contributed by atoms with Crippen molar-refractivity contribution < 1.29 is 4.39 Å². The molecule has 0 aliphatic rings. The van der Waals surface area contributed by atoms with Gasteiger partial charge in [-0.3, -0.25) is 0 Å². The van der Waals surface area contributed by atoms with E-state index < -0.39 is 0 Å². The topological polar surface area (TPSA) is 12.0 Å². The van der Waals surface area contributed by atoms with Gasteiger partial charge in [-0.15, -0.1) is 0 Å². The Hall–Kier alpha value is -1.38. The van der Waals surface area contributed by atoms with E-state index in [1.54, 1.807) is 12.1 Å². The molecule has 0 heterocycles. The van der Waals surface area contributed by atoms with E-state index in [1.165, 1.54) is 12.1 Å². The van der Waals surface area contributed by atoms with Gasteiger partial charge >= 0.3 is 0 Å². The number of hydrogen-bond donors (Lipinski definition) is 1. The van der Waals surface area contributed by atoms with Crippen LogP contribution in [-0.2, 0) is 6.54 Å². The fourth-order valence-electron chi connectivity index (χ4n) is 1.93. The van der Waals surface area contributed by atoms with Crippen LogP contribution in [0.3, 0.4) is 0 Å². The maximum Gasteiger partial charge on any atom is 0.123 e. The highest BCUT2D eigenvalue weighted by molar-refractivity contribution is 6.31. The average molecular weight is 278 g/mol. The molecule has 2 rings (SSSR count). The van der Waals surface area contributed by atoms with E-state index in [0.717, 1.165) is 21.7 Å². The SMILES string of the molecule is Cc1ccc(CN[C@H](C)c2ccc(F)cc2)c(Cl)c1. The lowest BCUT2D eigenvalue weighted by molar-refractivity contribution is 0.571. The molecule has 0 unspecified atom stereocenters. The van der Waals surface area contributed by atoms with Gasteiger partial charge in [0.1, 0.15) is 5.82 Å². The maximum absolute atomic E-state index is 12.9. The molecule has 0 bridgehead atoms. The number of nitrogens with one attached hydrogen (secondary N) is 1. The van der Waals surface area contributed by atoms with Gasteiger partial charge in [-0.2, -0.15) is 0 Å². The Morgan fingerprint density at radius 2 is 1.84 bits per heavy atom. The van der Waals surface area contributed by atoms with Crippen molar-refractivity contribution >= 4 is 11.6 Å². The highest BCUT2D eigenvalue weighted by Gasteiger charge is 2.06. The van der Waals surface area contributed by atoms with Gasteiger partial charge in [-0.25, -0.2) is 4.39 Å². The van der Waals surface area contributed by atoms with Crippen molar-refractivity contribution in [1.29, 1.82) is 0 Å². The van der Waals surface area contributed by atoms with E-state index in [-0.39, 0.29) is 11.9 Å². The Kier molecular flexibility index (Phi) is 4.56. The second-order valence-corrected chi connectivity index (χ2v) is 5.16. The minimum Gasteiger partial charge on any atom is -0.306 e. The molecule has 2 aromatic rings. The number of rotatable bonds is 4. The first-order valence-corrected chi connectivity index (χ1v) is 6.68. The zero-order valence-electron chi connectivity index (χ0n) is 11.1. The summed E-state index contributed by atoms with van der Waals surface area (Å²) in [4.78, 5) is 0. The van der Waals surface area contributed by atoms with Crippen LogP contribution in [0.5, 0.6) is 0 Å². The summed E-state index contributed by atoms with van der Waals surface area (Å²) in [6.45, 7) is 4.76. The van der Waals surface area contributed by atoms with Gasteiger partial charge < -0.3 is 5.32 Å². The first-order valence-electron chi connectivity index (χ1n) is 6.30. The third-order valence-electron chi connectivity index (χ3n) is 3.18. The summed E-state index contributed by atoms with van der Waals surface area (Å²) in [6, 6.07) is 12.7. The van der Waals surface area contributed by atoms with Crippen molar-refractivity contribution in [3.8, 4) is 0 Å². The number of aryl methyl sites for hydroxylation is 1. The summed E-state index contributed by atoms with van der Waals surface area (Å²) in [5.41, 5.74) is 3.28. The van der Waals surface area contributed by atoms with E-state index in [0.29, 0.717) is 6.54 Å². The summed E-state index contributed by atoms with van der Waals surface area (Å²) < 4.78 is 12.9. The molecule has 0 aliphatic carbocycles. The number of halogens is 2. The van der Waals surface area contributed by atoms with Crippen LogP contribution < -0.4 is 5.32 Å². The molecule has 0 radical (unpaired) electrons. The Labute approximate surface area is 118 Å². The molecule has 0 aliphatic heterocycles. The number of hydrogen-bond acceptors (Lipinski definition) is 1. The van der Waals surface area contributed by atoms with Crippen LogP contribution in [0.2, 0.25) is 5.02 Å². The van der Waals surface area contributed by atoms with Gasteiger partial charge in [0.25, 0.3) is 0 Å². The van der Waals surface area contributed by atoms with Gasteiger partial charge in [0, 0.05) is 17.6 Å². The third kappa shape index (κ3) is 3.79. The molecule has 3 heteroatoms. The lowest BCUT2D eigenvalue weighted by atomic mass is 10.1. The minimum absolute atomic E-state index is 0.151. The molecule has 1 nitrogen and oxygen atoms in total. The Morgan fingerprint density at radius 3 is 2.47 bits per heavy atom. The second-order valence-electron chi connectivity index (χ2n) is 4.75. The molecule has 100 valence electrons. The smallest absolute Gasteiger partial charge is 0.123 e. The highest BCUT2D eigenvalue weighted by Crippen LogP contribution is 2.19. The second kappa shape index (κ2) is 6.18. The van der Waals surface area contributed by atoms with E-state index in [2.05, 4.69) is 12.2 Å². The summed E-state index contributed by atoms with van der Waals surface area (Å²) in [5, 5.41) is 4.16. The molecule has 0 spiro atoms. The zero-order chi connectivity index (χ0) is 13.8. The third-order valence-corrected chi connectivity index (χ3v) is 3.53. The predicted molar refractivity (Wildman–Crippen MR) is 77.8 cm³/mol. The van der Waals surface area contributed by atoms with E-state index >= 15 is 0 Å². The van der Waals surface area contributed by atoms with Crippen molar-refractivity contribution in [1.82, 2.24) is 5.32 Å². The summed E-state index contributed by atoms with van der Waals surface area (Å²) >= 11 is 6.19. The number of benzene rings is 2. The molecular weight excluding hydrogens is 261 g/mol. The molecular formula is C16H17ClFN. The highest BCUT2D eigenvalue weighted by atomic mass is 35.5. The van der Waals surface area contributed by atoms with Crippen LogP contribution >= 0.6 is 11.6 Å². The van der Waals surface area contributed by atoms with Crippen LogP contribution in [0.4, 0.5) is 4.39 Å². The Balaban J connectivity index is 2.00. The van der Waals surface area contributed by atoms with Gasteiger partial charge in [-0.1, -0.05) is 35.9 Å². The minimum atomic E-state index is -0.211. The van der Waals surface area contributed by atoms with Gasteiger partial charge in [0.2, 0.25) is 0 Å². The van der Waals surface area contributed by atoms with Crippen molar-refractivity contribution in [2.45, 2.75) is 26.4 Å². The van der Waals surface area contributed by atoms with Crippen LogP contribution in [0.15, 0.2) is 42.5 Å². The van der Waals surface area contributed by atoms with Gasteiger partial charge in [0.05, 0.1) is 0 Å². The summed E-state index contributed by atoms with van der Waals surface area (Å²) in [7, 11) is 0. The largest absolute Gasteiger partial charge is 0.306 e. The standard InChI is InChI=1S/C16H17ClFN/c1-11-3-4-14(16(17)9-11)10-19-12(2)13-5-7-15(18)8-6-13/h3-9,12,19H,10H2,1-2H3/t12-/m1/s1. The maximum atomic E-state index is 12.9. The fourth-order valence-corrected chi connectivity index (χ4v) is 2.23. The monoisotopic (exact) mass is 277 g/mol. The lowest BCUT2D eigenvalue weighted by Gasteiger charge is -2.15. The van der Waals surface area contributed by atoms with Crippen LogP contribution in [0.1, 0.15) is 29.7 Å². The van der Waals surface area contributed by atoms with Crippen molar-refractivity contribution in [2.24, 2.45) is 0 Å². The molecule has 1 N–H and O–H groups in total. The first kappa shape index (κ1) is 14.0. The fraction of sp³-hybridized carbons (Fsp3) is 0.250. The molecule has 0 amide bonds. The molecule has 19 heavy (non-hydrogen) atoms. The van der Waals surface area contributed by atoms with E-state index in [4.69, 9.17) is 11.6 Å². The van der Waals surface area contributed by atoms with Crippen LogP contribution in [0, 0.1) is 12.7 Å². The lowest BCUT2D eigenvalue weighted by Crippen LogP contribution is -2.18. The molecule has 1 atom stereocenters. The van der Waals surface area contributed by atoms with E-state index in [1.807, 2.05) is 25.1 Å². The quantitative estimate of drug-likeness (QED) is 0.858. The zero-order valence-corrected chi connectivity index (χ0v) is 11.8. The average Bonchev–Trinajstić information content (AvgIpc) is 2.38. The van der Waals surface area contributed by atoms with Gasteiger partial charge in [-0.05, 0) is 48.7 Å². The first-order chi connectivity index (χ1) is 9.06. The van der Waals surface area contributed by atoms with Crippen molar-refractivity contribution in [2.75, 3.05) is 0 Å². The van der Waals surface area contributed by atoms with Crippen LogP contribution in [-0.4, -0.2) is 0 Å². The Morgan fingerprint density at radius 1 is 1.16 bits per heavy atom. The van der Waals surface area contributed by atoms with Crippen molar-refractivity contribution in [3.05, 3.63) is 70.0 Å². The molecule has 2 aromatic carbocycles. The van der Waals surface area contributed by atoms with E-state index in [9.17, 15) is 4.39 Å². The molecule has 0 saturated heterocycles. The molecule has 0 fully saturated rings. The summed E-state index contributed by atoms with van der Waals surface area (Å²) in [6.07, 6.45) is 0. The summed E-state index contributed by atoms with van der Waals surface area (Å²) in [5.74, 6) is -0.211. The van der Waals surface area contributed by atoms with Crippen molar-refractivity contribution in [3.63, 3.8) is 0 Å². The van der Waals surface area contributed by atoms with Gasteiger partial charge in [0.15, 0.2) is 0 Å². The Bertz CT molecular complexity index is 551.